The van der Waals surface area contributed by atoms with Gasteiger partial charge in [0.1, 0.15) is 4.90 Å². The van der Waals surface area contributed by atoms with Gasteiger partial charge in [0.15, 0.2) is 5.82 Å². The fourth-order valence-electron chi connectivity index (χ4n) is 2.37. The van der Waals surface area contributed by atoms with Crippen molar-refractivity contribution in [3.8, 4) is 0 Å². The van der Waals surface area contributed by atoms with E-state index in [9.17, 15) is 8.42 Å². The lowest BCUT2D eigenvalue weighted by atomic mass is 10.4. The molecule has 0 atom stereocenters. The van der Waals surface area contributed by atoms with Gasteiger partial charge < -0.3 is 10.8 Å². The summed E-state index contributed by atoms with van der Waals surface area (Å²) in [7, 11) is -1.96. The number of nitrogens with two attached hydrogens (primary N) is 1. The highest BCUT2D eigenvalue weighted by Gasteiger charge is 2.30. The molecule has 1 aliphatic heterocycles. The smallest absolute Gasteiger partial charge is 0.248 e. The summed E-state index contributed by atoms with van der Waals surface area (Å²) in [4.78, 5) is 2.12. The molecule has 9 heteroatoms. The van der Waals surface area contributed by atoms with Crippen LogP contribution >= 0.6 is 0 Å². The lowest BCUT2D eigenvalue weighted by Crippen LogP contribution is -2.36. The largest absolute Gasteiger partial charge is 0.395 e. The number of aliphatic hydroxyl groups excluding tert-OH is 1. The van der Waals surface area contributed by atoms with Crippen molar-refractivity contribution in [1.29, 1.82) is 0 Å². The fraction of sp³-hybridized carbons (Fsp3) is 0.727. The van der Waals surface area contributed by atoms with Gasteiger partial charge in [-0.3, -0.25) is 9.58 Å². The van der Waals surface area contributed by atoms with Gasteiger partial charge in [0.2, 0.25) is 10.0 Å². The van der Waals surface area contributed by atoms with Crippen molar-refractivity contribution in [3.05, 3.63) is 6.20 Å². The van der Waals surface area contributed by atoms with E-state index in [2.05, 4.69) is 10.00 Å². The van der Waals surface area contributed by atoms with Crippen molar-refractivity contribution >= 4 is 15.8 Å². The average Bonchev–Trinajstić information content (AvgIpc) is 2.61. The minimum absolute atomic E-state index is 0.0314. The van der Waals surface area contributed by atoms with E-state index >= 15 is 0 Å². The third kappa shape index (κ3) is 3.11. The van der Waals surface area contributed by atoms with Gasteiger partial charge in [-0.25, -0.2) is 8.42 Å². The highest BCUT2D eigenvalue weighted by Crippen LogP contribution is 2.21. The summed E-state index contributed by atoms with van der Waals surface area (Å²) in [6.07, 6.45) is 2.17. The maximum atomic E-state index is 12.6. The van der Waals surface area contributed by atoms with Crippen LogP contribution in [0.4, 0.5) is 5.82 Å². The number of aliphatic hydroxyl groups is 1. The number of sulfonamides is 1. The van der Waals surface area contributed by atoms with Gasteiger partial charge in [-0.2, -0.15) is 9.40 Å². The van der Waals surface area contributed by atoms with Crippen LogP contribution in [0.25, 0.3) is 0 Å². The normalized spacial score (nSPS) is 19.1. The highest BCUT2D eigenvalue weighted by molar-refractivity contribution is 7.89. The Morgan fingerprint density at radius 3 is 2.70 bits per heavy atom. The van der Waals surface area contributed by atoms with Gasteiger partial charge in [0.05, 0.1) is 6.61 Å². The number of hydrogen-bond donors (Lipinski definition) is 2. The topological polar surface area (TPSA) is 105 Å². The van der Waals surface area contributed by atoms with E-state index in [1.165, 1.54) is 15.2 Å². The first kappa shape index (κ1) is 15.2. The van der Waals surface area contributed by atoms with Gasteiger partial charge in [-0.05, 0) is 13.0 Å². The van der Waals surface area contributed by atoms with Gasteiger partial charge >= 0.3 is 0 Å². The number of anilines is 1. The Bertz CT molecular complexity index is 556. The summed E-state index contributed by atoms with van der Waals surface area (Å²) in [5.74, 6) is 0.0314. The van der Waals surface area contributed by atoms with Gasteiger partial charge in [-0.15, -0.1) is 0 Å². The monoisotopic (exact) mass is 303 g/mol. The molecule has 2 heterocycles. The summed E-state index contributed by atoms with van der Waals surface area (Å²) < 4.78 is 28.0. The van der Waals surface area contributed by atoms with E-state index < -0.39 is 10.0 Å². The number of nitrogen functional groups attached to an aromatic ring is 1. The molecule has 0 amide bonds. The summed E-state index contributed by atoms with van der Waals surface area (Å²) in [5.41, 5.74) is 5.67. The van der Waals surface area contributed by atoms with Gasteiger partial charge in [0.25, 0.3) is 0 Å². The molecular formula is C11H21N5O3S. The molecule has 1 aliphatic rings. The van der Waals surface area contributed by atoms with Crippen molar-refractivity contribution < 1.29 is 13.5 Å². The van der Waals surface area contributed by atoms with E-state index in [-0.39, 0.29) is 17.3 Å². The van der Waals surface area contributed by atoms with E-state index in [0.717, 1.165) is 13.0 Å². The van der Waals surface area contributed by atoms with Crippen LogP contribution in [0, 0.1) is 0 Å². The van der Waals surface area contributed by atoms with E-state index in [4.69, 9.17) is 10.8 Å². The van der Waals surface area contributed by atoms with E-state index in [1.54, 1.807) is 7.05 Å². The molecular weight excluding hydrogens is 282 g/mol. The zero-order valence-electron chi connectivity index (χ0n) is 11.6. The highest BCUT2D eigenvalue weighted by atomic mass is 32.2. The molecule has 3 N–H and O–H groups in total. The standard InChI is InChI=1S/C11H21N5O3S/c1-14-9-10(11(12)13-14)20(18,19)16-4-2-3-15(5-6-16)7-8-17/h9,17H,2-8H2,1H3,(H2,12,13). The zero-order chi connectivity index (χ0) is 14.8. The molecule has 0 unspecified atom stereocenters. The lowest BCUT2D eigenvalue weighted by Gasteiger charge is -2.20. The van der Waals surface area contributed by atoms with Crippen LogP contribution in [0.5, 0.6) is 0 Å². The van der Waals surface area contributed by atoms with Crippen LogP contribution in [0.2, 0.25) is 0 Å². The molecule has 2 rings (SSSR count). The van der Waals surface area contributed by atoms with Crippen molar-refractivity contribution in [3.63, 3.8) is 0 Å². The predicted octanol–water partition coefficient (Wildman–Crippen LogP) is -1.31. The van der Waals surface area contributed by atoms with Crippen LogP contribution in [0.3, 0.4) is 0 Å². The summed E-state index contributed by atoms with van der Waals surface area (Å²) in [5, 5.41) is 12.8. The Morgan fingerprint density at radius 2 is 2.10 bits per heavy atom. The molecule has 1 fully saturated rings. The van der Waals surface area contributed by atoms with E-state index in [1.807, 2.05) is 0 Å². The van der Waals surface area contributed by atoms with Crippen molar-refractivity contribution in [2.24, 2.45) is 7.05 Å². The fourth-order valence-corrected chi connectivity index (χ4v) is 3.93. The molecule has 0 radical (unpaired) electrons. The number of hydrogen-bond acceptors (Lipinski definition) is 6. The Hall–Kier alpha value is -1.16. The minimum Gasteiger partial charge on any atom is -0.395 e. The molecule has 0 saturated carbocycles. The molecule has 0 bridgehead atoms. The maximum Gasteiger partial charge on any atom is 0.248 e. The first-order chi connectivity index (χ1) is 9.45. The second-order valence-corrected chi connectivity index (χ2v) is 6.78. The molecule has 1 saturated heterocycles. The molecule has 1 aromatic rings. The van der Waals surface area contributed by atoms with Gasteiger partial charge in [-0.1, -0.05) is 0 Å². The molecule has 0 spiro atoms. The number of aryl methyl sites for hydroxylation is 1. The van der Waals surface area contributed by atoms with Crippen LogP contribution in [-0.2, 0) is 17.1 Å². The molecule has 1 aromatic heterocycles. The number of aromatic nitrogens is 2. The second-order valence-electron chi connectivity index (χ2n) is 4.88. The third-order valence-electron chi connectivity index (χ3n) is 3.40. The summed E-state index contributed by atoms with van der Waals surface area (Å²) in [6.45, 7) is 2.91. The predicted molar refractivity (Wildman–Crippen MR) is 74.5 cm³/mol. The quantitative estimate of drug-likeness (QED) is 0.716. The Morgan fingerprint density at radius 1 is 1.35 bits per heavy atom. The van der Waals surface area contributed by atoms with Crippen LogP contribution < -0.4 is 5.73 Å². The Balaban J connectivity index is 2.16. The molecule has 20 heavy (non-hydrogen) atoms. The van der Waals surface area contributed by atoms with Crippen molar-refractivity contribution in [2.75, 3.05) is 45.1 Å². The van der Waals surface area contributed by atoms with Crippen molar-refractivity contribution in [1.82, 2.24) is 19.0 Å². The molecule has 114 valence electrons. The number of β-amino-alcohol motifs (C(OH)–C–C–N with tert-alkyl or cyclic N) is 1. The lowest BCUT2D eigenvalue weighted by molar-refractivity contribution is 0.202. The average molecular weight is 303 g/mol. The minimum atomic E-state index is -3.60. The van der Waals surface area contributed by atoms with Crippen LogP contribution in [0.15, 0.2) is 11.1 Å². The van der Waals surface area contributed by atoms with Crippen molar-refractivity contribution in [2.45, 2.75) is 11.3 Å². The SMILES string of the molecule is Cn1cc(S(=O)(=O)N2CCCN(CCO)CC2)c(N)n1. The van der Waals surface area contributed by atoms with Gasteiger partial charge in [0, 0.05) is 39.4 Å². The first-order valence-corrected chi connectivity index (χ1v) is 8.01. The Kier molecular flexibility index (Phi) is 4.63. The third-order valence-corrected chi connectivity index (χ3v) is 5.32. The molecule has 8 nitrogen and oxygen atoms in total. The zero-order valence-corrected chi connectivity index (χ0v) is 12.4. The van der Waals surface area contributed by atoms with E-state index in [0.29, 0.717) is 26.2 Å². The Labute approximate surface area is 118 Å². The first-order valence-electron chi connectivity index (χ1n) is 6.57. The maximum absolute atomic E-state index is 12.6. The van der Waals surface area contributed by atoms with Crippen LogP contribution in [-0.4, -0.2) is 71.8 Å². The number of rotatable bonds is 4. The number of nitrogens with zero attached hydrogens (tertiary/aromatic N) is 4. The molecule has 0 aromatic carbocycles. The summed E-state index contributed by atoms with van der Waals surface area (Å²) in [6, 6.07) is 0. The summed E-state index contributed by atoms with van der Waals surface area (Å²) >= 11 is 0. The van der Waals surface area contributed by atoms with Crippen LogP contribution in [0.1, 0.15) is 6.42 Å². The second kappa shape index (κ2) is 6.08. The molecule has 0 aliphatic carbocycles.